The molecule has 314 valence electrons. The summed E-state index contributed by atoms with van der Waals surface area (Å²) in [6, 6.07) is 21.0. The molecule has 0 bridgehead atoms. The van der Waals surface area contributed by atoms with Crippen molar-refractivity contribution in [3.05, 3.63) is 116 Å². The number of nitrogens with two attached hydrogens (primary N) is 1. The zero-order chi connectivity index (χ0) is 42.6. The van der Waals surface area contributed by atoms with Crippen LogP contribution in [0.4, 0.5) is 10.5 Å². The van der Waals surface area contributed by atoms with Gasteiger partial charge in [0.25, 0.3) is 10.9 Å². The van der Waals surface area contributed by atoms with Gasteiger partial charge in [0.15, 0.2) is 11.7 Å². The van der Waals surface area contributed by atoms with E-state index >= 15 is 0 Å². The second kappa shape index (κ2) is 23.4. The van der Waals surface area contributed by atoms with Crippen molar-refractivity contribution in [3.63, 3.8) is 0 Å². The van der Waals surface area contributed by atoms with Crippen molar-refractivity contribution in [2.75, 3.05) is 44.7 Å². The van der Waals surface area contributed by atoms with Crippen molar-refractivity contribution >= 4 is 35.4 Å². The Bertz CT molecular complexity index is 2080. The highest BCUT2D eigenvalue weighted by Gasteiger charge is 2.28. The van der Waals surface area contributed by atoms with Crippen molar-refractivity contribution < 1.29 is 33.8 Å². The fraction of sp³-hybridized carbons (Fsp3) is 0.357. The number of nitrogens with zero attached hydrogens (tertiary/aromatic N) is 1. The first-order valence-corrected chi connectivity index (χ1v) is 19.5. The van der Waals surface area contributed by atoms with E-state index in [-0.39, 0.29) is 68.3 Å². The van der Waals surface area contributed by atoms with Gasteiger partial charge in [0.2, 0.25) is 17.7 Å². The van der Waals surface area contributed by atoms with Gasteiger partial charge in [-0.1, -0.05) is 61.5 Å². The Labute approximate surface area is 341 Å². The number of aliphatic imine (C=N–C) groups is 1. The normalized spacial score (nSPS) is 12.1. The molecular formula is C42H52N8O9. The average Bonchev–Trinajstić information content (AvgIpc) is 3.24. The molecule has 0 saturated heterocycles. The molecule has 0 aliphatic carbocycles. The maximum absolute atomic E-state index is 14.2. The van der Waals surface area contributed by atoms with Gasteiger partial charge >= 0.3 is 6.03 Å². The number of amides is 5. The third-order valence-electron chi connectivity index (χ3n) is 8.92. The molecular weight excluding hydrogens is 761 g/mol. The standard InChI is InChI=1S/C42H52N8O9/c1-3-33(52)44-23-24-47-42(57)50-41(43)46-21-8-12-32(39(55)48-26-27-13-17-30(51)18-14-27)49-40(56)34(28-10-6-5-7-11-28)29-15-19-31(20-16-29)59-25-9-22-45-35-36(53)37(54)38(35)58-4-2/h5-7,10-11,13-20,32,34,45,51H,3-4,8-9,12,21-26H2,1-2H3,(H,44,52)(H,48,55)(H,49,56)(H4,43,46,47,50,57)/t32-,34?/m1/s1. The van der Waals surface area contributed by atoms with Crippen molar-refractivity contribution in [1.82, 2.24) is 26.6 Å². The Balaban J connectivity index is 1.38. The predicted octanol–water partition coefficient (Wildman–Crippen LogP) is 2.12. The van der Waals surface area contributed by atoms with Crippen LogP contribution in [0, 0.1) is 0 Å². The number of anilines is 1. The van der Waals surface area contributed by atoms with E-state index in [0.29, 0.717) is 49.3 Å². The van der Waals surface area contributed by atoms with Gasteiger partial charge in [-0.15, -0.1) is 0 Å². The fourth-order valence-electron chi connectivity index (χ4n) is 5.83. The van der Waals surface area contributed by atoms with E-state index in [1.165, 1.54) is 12.1 Å². The summed E-state index contributed by atoms with van der Waals surface area (Å²) in [6.45, 7) is 5.18. The summed E-state index contributed by atoms with van der Waals surface area (Å²) in [5.74, 6) is -1.19. The lowest BCUT2D eigenvalue weighted by Gasteiger charge is -2.23. The largest absolute Gasteiger partial charge is 0.508 e. The molecule has 17 nitrogen and oxygen atoms in total. The van der Waals surface area contributed by atoms with E-state index in [4.69, 9.17) is 15.2 Å². The average molecular weight is 813 g/mol. The number of urea groups is 1. The molecule has 0 aromatic heterocycles. The van der Waals surface area contributed by atoms with Crippen LogP contribution in [0.3, 0.4) is 0 Å². The fourth-order valence-corrected chi connectivity index (χ4v) is 5.83. The number of carbonyl (C=O) groups excluding carboxylic acids is 4. The molecule has 1 unspecified atom stereocenters. The smallest absolute Gasteiger partial charge is 0.321 e. The maximum Gasteiger partial charge on any atom is 0.321 e. The summed E-state index contributed by atoms with van der Waals surface area (Å²) < 4.78 is 11.1. The van der Waals surface area contributed by atoms with Crippen molar-refractivity contribution in [2.45, 2.75) is 58.0 Å². The number of nitrogens with one attached hydrogen (secondary N) is 6. The Morgan fingerprint density at radius 3 is 2.17 bits per heavy atom. The number of phenolic OH excluding ortho intramolecular Hbond substituents is 1. The second-order valence-corrected chi connectivity index (χ2v) is 13.3. The van der Waals surface area contributed by atoms with Crippen LogP contribution in [0.15, 0.2) is 93.4 Å². The van der Waals surface area contributed by atoms with Crippen molar-refractivity contribution in [1.29, 1.82) is 0 Å². The molecule has 0 saturated carbocycles. The highest BCUT2D eigenvalue weighted by atomic mass is 16.5. The van der Waals surface area contributed by atoms with Gasteiger partial charge < -0.3 is 46.9 Å². The first kappa shape index (κ1) is 44.8. The zero-order valence-electron chi connectivity index (χ0n) is 33.2. The number of hydrogen-bond acceptors (Lipinski definition) is 11. The van der Waals surface area contributed by atoms with Crippen LogP contribution >= 0.6 is 0 Å². The Morgan fingerprint density at radius 1 is 0.780 bits per heavy atom. The summed E-state index contributed by atoms with van der Waals surface area (Å²) in [5, 5.41) is 26.0. The van der Waals surface area contributed by atoms with Crippen LogP contribution in [0.5, 0.6) is 17.2 Å². The number of carbonyl (C=O) groups is 4. The summed E-state index contributed by atoms with van der Waals surface area (Å²) in [5.41, 5.74) is 6.95. The van der Waals surface area contributed by atoms with Crippen LogP contribution in [-0.4, -0.2) is 80.3 Å². The lowest BCUT2D eigenvalue weighted by molar-refractivity contribution is -0.129. The number of hydrogen-bond donors (Lipinski definition) is 8. The van der Waals surface area contributed by atoms with E-state index < -0.39 is 40.7 Å². The quantitative estimate of drug-likeness (QED) is 0.0233. The third kappa shape index (κ3) is 14.2. The number of benzene rings is 3. The topological polar surface area (TPSA) is 252 Å². The minimum absolute atomic E-state index is 0.0609. The van der Waals surface area contributed by atoms with Crippen molar-refractivity contribution in [2.24, 2.45) is 10.7 Å². The molecule has 59 heavy (non-hydrogen) atoms. The molecule has 17 heteroatoms. The van der Waals surface area contributed by atoms with E-state index in [1.807, 2.05) is 30.3 Å². The molecule has 4 rings (SSSR count). The van der Waals surface area contributed by atoms with Crippen LogP contribution in [-0.2, 0) is 20.9 Å². The molecule has 0 spiro atoms. The van der Waals surface area contributed by atoms with E-state index in [9.17, 15) is 33.9 Å². The van der Waals surface area contributed by atoms with Crippen LogP contribution in [0.25, 0.3) is 0 Å². The molecule has 9 N–H and O–H groups in total. The molecule has 4 aromatic carbocycles. The zero-order valence-corrected chi connectivity index (χ0v) is 33.2. The van der Waals surface area contributed by atoms with Gasteiger partial charge in [-0.05, 0) is 67.1 Å². The molecule has 4 aromatic rings. The molecule has 0 aliphatic rings. The van der Waals surface area contributed by atoms with Gasteiger partial charge in [0.1, 0.15) is 23.2 Å². The monoisotopic (exact) mass is 812 g/mol. The Kier molecular flexibility index (Phi) is 17.7. The van der Waals surface area contributed by atoms with E-state index in [0.717, 1.165) is 5.56 Å². The summed E-state index contributed by atoms with van der Waals surface area (Å²) >= 11 is 0. The lowest BCUT2D eigenvalue weighted by atomic mass is 9.90. The number of guanidine groups is 1. The molecule has 2 atom stereocenters. The van der Waals surface area contributed by atoms with Gasteiger partial charge in [-0.25, -0.2) is 4.79 Å². The Hall–Kier alpha value is -6.91. The number of ether oxygens (including phenoxy) is 2. The van der Waals surface area contributed by atoms with E-state index in [1.54, 1.807) is 50.2 Å². The van der Waals surface area contributed by atoms with Gasteiger partial charge in [0.05, 0.1) is 19.1 Å². The summed E-state index contributed by atoms with van der Waals surface area (Å²) in [4.78, 5) is 79.0. The molecule has 0 fully saturated rings. The van der Waals surface area contributed by atoms with Crippen LogP contribution in [0.2, 0.25) is 0 Å². The highest BCUT2D eigenvalue weighted by Crippen LogP contribution is 2.27. The minimum atomic E-state index is -0.971. The van der Waals surface area contributed by atoms with Crippen molar-refractivity contribution in [3.8, 4) is 17.2 Å². The molecule has 0 radical (unpaired) electrons. The number of rotatable bonds is 23. The summed E-state index contributed by atoms with van der Waals surface area (Å²) in [7, 11) is 0. The second-order valence-electron chi connectivity index (χ2n) is 13.3. The van der Waals surface area contributed by atoms with Gasteiger partial charge in [0, 0.05) is 39.1 Å². The lowest BCUT2D eigenvalue weighted by Crippen LogP contribution is -2.48. The third-order valence-corrected chi connectivity index (χ3v) is 8.92. The number of aromatic hydroxyl groups is 1. The molecule has 5 amide bonds. The highest BCUT2D eigenvalue weighted by molar-refractivity contribution is 5.95. The van der Waals surface area contributed by atoms with Crippen LogP contribution in [0.1, 0.15) is 62.1 Å². The van der Waals surface area contributed by atoms with Gasteiger partial charge in [-0.2, -0.15) is 0 Å². The molecule has 0 aliphatic heterocycles. The SMILES string of the molecule is CCOc1c(NCCCOc2ccc(C(C(=O)N[C@H](CCCN=C(N)NC(=O)NCCNC(=O)CC)C(=O)NCc3ccc(O)cc3)c3ccccc3)cc2)c(=O)c1=O. The van der Waals surface area contributed by atoms with Gasteiger partial charge in [-0.3, -0.25) is 34.3 Å². The maximum atomic E-state index is 14.2. The molecule has 0 heterocycles. The first-order chi connectivity index (χ1) is 28.5. The predicted molar refractivity (Wildman–Crippen MR) is 223 cm³/mol. The van der Waals surface area contributed by atoms with E-state index in [2.05, 4.69) is 36.9 Å². The summed E-state index contributed by atoms with van der Waals surface area (Å²) in [6.07, 6.45) is 1.37. The van der Waals surface area contributed by atoms with Crippen LogP contribution < -0.4 is 58.0 Å². The number of phenols is 1. The first-order valence-electron chi connectivity index (χ1n) is 19.5. The minimum Gasteiger partial charge on any atom is -0.508 e. The Morgan fingerprint density at radius 2 is 1.47 bits per heavy atom.